The number of nitriles is 1. The highest BCUT2D eigenvalue weighted by molar-refractivity contribution is 5.94. The zero-order valence-corrected chi connectivity index (χ0v) is 10.2. The summed E-state index contributed by atoms with van der Waals surface area (Å²) >= 11 is 0. The number of hydrogen-bond acceptors (Lipinski definition) is 3. The third-order valence-electron chi connectivity index (χ3n) is 2.90. The second-order valence-electron chi connectivity index (χ2n) is 3.99. The number of aromatic nitrogens is 2. The molecule has 1 fully saturated rings. The number of amidine groups is 1. The molecule has 0 unspecified atom stereocenters. The van der Waals surface area contributed by atoms with Gasteiger partial charge in [-0.3, -0.25) is 0 Å². The largest absolute Gasteiger partial charge is 0.357 e. The Balaban J connectivity index is 2.40. The maximum absolute atomic E-state index is 9.03. The molecular weight excluding hydrogens is 226 g/mol. The van der Waals surface area contributed by atoms with E-state index >= 15 is 0 Å². The predicted molar refractivity (Wildman–Crippen MR) is 71.4 cm³/mol. The molecular formula is C13H15N5. The van der Waals surface area contributed by atoms with Gasteiger partial charge in [-0.15, -0.1) is 0 Å². The third kappa shape index (κ3) is 2.18. The first-order valence-corrected chi connectivity index (χ1v) is 5.86. The van der Waals surface area contributed by atoms with E-state index in [-0.39, 0.29) is 0 Å². The molecule has 2 heterocycles. The van der Waals surface area contributed by atoms with Crippen molar-refractivity contribution in [3.63, 3.8) is 0 Å². The molecule has 0 aromatic carbocycles. The van der Waals surface area contributed by atoms with Crippen molar-refractivity contribution >= 4 is 17.9 Å². The Hall–Kier alpha value is -2.35. The molecule has 0 N–H and O–H groups in total. The average molecular weight is 241 g/mol. The summed E-state index contributed by atoms with van der Waals surface area (Å²) in [5, 5.41) is 13.1. The van der Waals surface area contributed by atoms with Crippen LogP contribution < -0.4 is 0 Å². The molecule has 1 aromatic rings. The normalized spacial score (nSPS) is 15.5. The molecule has 0 spiro atoms. The van der Waals surface area contributed by atoms with Crippen molar-refractivity contribution in [3.05, 3.63) is 31.0 Å². The maximum Gasteiger partial charge on any atom is 0.175 e. The van der Waals surface area contributed by atoms with Crippen LogP contribution in [0.2, 0.25) is 0 Å². The molecule has 1 aromatic heterocycles. The Kier molecular flexibility index (Phi) is 3.58. The van der Waals surface area contributed by atoms with Gasteiger partial charge < -0.3 is 4.90 Å². The monoisotopic (exact) mass is 241 g/mol. The van der Waals surface area contributed by atoms with Gasteiger partial charge in [0.1, 0.15) is 17.5 Å². The summed E-state index contributed by atoms with van der Waals surface area (Å²) in [6, 6.07) is 2.08. The standard InChI is InChI=1S/C13H15N5/c1-3-12(17-7-5-6-8-17)16-13-11(9-14)10-15-18(13)4-2/h3-4,10H,1-2,5-8H2. The third-order valence-corrected chi connectivity index (χ3v) is 2.90. The highest BCUT2D eigenvalue weighted by atomic mass is 15.3. The minimum absolute atomic E-state index is 0.438. The van der Waals surface area contributed by atoms with E-state index in [0.29, 0.717) is 11.4 Å². The Morgan fingerprint density at radius 2 is 2.17 bits per heavy atom. The number of rotatable bonds is 3. The smallest absolute Gasteiger partial charge is 0.175 e. The molecule has 92 valence electrons. The van der Waals surface area contributed by atoms with Gasteiger partial charge in [0.2, 0.25) is 0 Å². The second-order valence-corrected chi connectivity index (χ2v) is 3.99. The molecule has 5 heteroatoms. The lowest BCUT2D eigenvalue weighted by Gasteiger charge is -2.16. The van der Waals surface area contributed by atoms with Crippen LogP contribution in [0.15, 0.2) is 30.4 Å². The van der Waals surface area contributed by atoms with Gasteiger partial charge in [-0.25, -0.2) is 9.67 Å². The van der Waals surface area contributed by atoms with E-state index in [1.807, 2.05) is 0 Å². The fraction of sp³-hybridized carbons (Fsp3) is 0.308. The molecule has 18 heavy (non-hydrogen) atoms. The number of nitrogens with zero attached hydrogens (tertiary/aromatic N) is 5. The fourth-order valence-electron chi connectivity index (χ4n) is 1.98. The Morgan fingerprint density at radius 3 is 2.72 bits per heavy atom. The van der Waals surface area contributed by atoms with Crippen LogP contribution >= 0.6 is 0 Å². The van der Waals surface area contributed by atoms with Gasteiger partial charge in [0.05, 0.1) is 6.20 Å². The molecule has 5 nitrogen and oxygen atoms in total. The highest BCUT2D eigenvalue weighted by Crippen LogP contribution is 2.20. The van der Waals surface area contributed by atoms with E-state index in [1.165, 1.54) is 29.9 Å². The molecule has 1 saturated heterocycles. The SMILES string of the molecule is C=CC(=Nc1c(C#N)cnn1C=C)N1CCCC1. The van der Waals surface area contributed by atoms with Gasteiger partial charge in [0.15, 0.2) is 5.82 Å². The lowest BCUT2D eigenvalue weighted by molar-refractivity contribution is 0.522. The molecule has 0 atom stereocenters. The van der Waals surface area contributed by atoms with Gasteiger partial charge in [0, 0.05) is 19.3 Å². The van der Waals surface area contributed by atoms with Crippen LogP contribution in [-0.4, -0.2) is 33.6 Å². The summed E-state index contributed by atoms with van der Waals surface area (Å²) in [5.41, 5.74) is 0.438. The van der Waals surface area contributed by atoms with Crippen molar-refractivity contribution in [3.8, 4) is 6.07 Å². The van der Waals surface area contributed by atoms with Crippen LogP contribution in [0.25, 0.3) is 6.20 Å². The molecule has 1 aliphatic heterocycles. The van der Waals surface area contributed by atoms with Crippen LogP contribution in [0.4, 0.5) is 5.82 Å². The Morgan fingerprint density at radius 1 is 1.44 bits per heavy atom. The quantitative estimate of drug-likeness (QED) is 0.602. The second kappa shape index (κ2) is 5.32. The first-order chi connectivity index (χ1) is 8.80. The summed E-state index contributed by atoms with van der Waals surface area (Å²) in [6.45, 7) is 9.40. The summed E-state index contributed by atoms with van der Waals surface area (Å²) < 4.78 is 1.50. The van der Waals surface area contributed by atoms with Crippen molar-refractivity contribution < 1.29 is 0 Å². The minimum Gasteiger partial charge on any atom is -0.357 e. The van der Waals surface area contributed by atoms with Crippen molar-refractivity contribution in [2.24, 2.45) is 4.99 Å². The molecule has 1 aliphatic rings. The van der Waals surface area contributed by atoms with Crippen molar-refractivity contribution in [1.82, 2.24) is 14.7 Å². The summed E-state index contributed by atoms with van der Waals surface area (Å²) in [4.78, 5) is 6.65. The van der Waals surface area contributed by atoms with E-state index < -0.39 is 0 Å². The first kappa shape index (κ1) is 12.1. The zero-order chi connectivity index (χ0) is 13.0. The highest BCUT2D eigenvalue weighted by Gasteiger charge is 2.16. The summed E-state index contributed by atoms with van der Waals surface area (Å²) in [7, 11) is 0. The van der Waals surface area contributed by atoms with Crippen molar-refractivity contribution in [2.75, 3.05) is 13.1 Å². The Bertz CT molecular complexity index is 526. The molecule has 0 bridgehead atoms. The summed E-state index contributed by atoms with van der Waals surface area (Å²) in [6.07, 6.45) is 7.07. The van der Waals surface area contributed by atoms with Crippen LogP contribution in [0, 0.1) is 11.3 Å². The van der Waals surface area contributed by atoms with Gasteiger partial charge in [0.25, 0.3) is 0 Å². The first-order valence-electron chi connectivity index (χ1n) is 5.86. The average Bonchev–Trinajstić information content (AvgIpc) is 3.04. The molecule has 2 rings (SSSR count). The van der Waals surface area contributed by atoms with Gasteiger partial charge in [-0.2, -0.15) is 10.4 Å². The lowest BCUT2D eigenvalue weighted by Crippen LogP contribution is -2.25. The maximum atomic E-state index is 9.03. The van der Waals surface area contributed by atoms with Crippen LogP contribution in [0.1, 0.15) is 18.4 Å². The number of likely N-dealkylation sites (tertiary alicyclic amines) is 1. The Labute approximate surface area is 106 Å². The predicted octanol–water partition coefficient (Wildman–Crippen LogP) is 2.17. The molecule has 0 aliphatic carbocycles. The van der Waals surface area contributed by atoms with E-state index in [0.717, 1.165) is 18.9 Å². The van der Waals surface area contributed by atoms with Gasteiger partial charge >= 0.3 is 0 Å². The van der Waals surface area contributed by atoms with Crippen molar-refractivity contribution in [1.29, 1.82) is 5.26 Å². The van der Waals surface area contributed by atoms with Gasteiger partial charge in [-0.1, -0.05) is 13.2 Å². The molecule has 0 amide bonds. The van der Waals surface area contributed by atoms with E-state index in [9.17, 15) is 0 Å². The van der Waals surface area contributed by atoms with E-state index in [4.69, 9.17) is 5.26 Å². The molecule has 0 radical (unpaired) electrons. The van der Waals surface area contributed by atoms with Crippen LogP contribution in [0.5, 0.6) is 0 Å². The van der Waals surface area contributed by atoms with Crippen LogP contribution in [0.3, 0.4) is 0 Å². The zero-order valence-electron chi connectivity index (χ0n) is 10.2. The number of hydrogen-bond donors (Lipinski definition) is 0. The molecule has 0 saturated carbocycles. The number of aliphatic imine (C=N–C) groups is 1. The minimum atomic E-state index is 0.438. The van der Waals surface area contributed by atoms with Gasteiger partial charge in [-0.05, 0) is 18.9 Å². The fourth-order valence-corrected chi connectivity index (χ4v) is 1.98. The van der Waals surface area contributed by atoms with Crippen LogP contribution in [-0.2, 0) is 0 Å². The van der Waals surface area contributed by atoms with Crippen molar-refractivity contribution in [2.45, 2.75) is 12.8 Å². The van der Waals surface area contributed by atoms with E-state index in [1.54, 1.807) is 6.08 Å². The van der Waals surface area contributed by atoms with E-state index in [2.05, 4.69) is 34.2 Å². The summed E-state index contributed by atoms with van der Waals surface area (Å²) in [5.74, 6) is 1.29. The lowest BCUT2D eigenvalue weighted by atomic mass is 10.3. The topological polar surface area (TPSA) is 57.2 Å².